The fraction of sp³-hybridized carbons (Fsp3) is 0.524. The number of carbonyl (C=O) groups is 2. The zero-order valence-corrected chi connectivity index (χ0v) is 15.1. The van der Waals surface area contributed by atoms with Crippen LogP contribution in [0.25, 0.3) is 6.08 Å². The molecule has 1 fully saturated rings. The highest BCUT2D eigenvalue weighted by molar-refractivity contribution is 6.19. The lowest BCUT2D eigenvalue weighted by Crippen LogP contribution is -2.36. The second-order valence-electron chi connectivity index (χ2n) is 7.29. The molecule has 0 unspecified atom stereocenters. The van der Waals surface area contributed by atoms with Crippen LogP contribution in [0.15, 0.2) is 35.9 Å². The second kappa shape index (κ2) is 8.27. The van der Waals surface area contributed by atoms with Crippen LogP contribution in [0.1, 0.15) is 52.5 Å². The monoisotopic (exact) mass is 328 g/mol. The highest BCUT2D eigenvalue weighted by Crippen LogP contribution is 2.35. The van der Waals surface area contributed by atoms with Crippen LogP contribution in [0, 0.1) is 17.8 Å². The molecule has 0 aromatic heterocycles. The minimum absolute atomic E-state index is 0.0974. The molecule has 3 nitrogen and oxygen atoms in total. The average Bonchev–Trinajstić information content (AvgIpc) is 2.53. The number of ether oxygens (including phenoxy) is 1. The number of rotatable bonds is 5. The molecule has 1 aromatic rings. The summed E-state index contributed by atoms with van der Waals surface area (Å²) in [5, 5.41) is 0. The average molecular weight is 328 g/mol. The van der Waals surface area contributed by atoms with Crippen LogP contribution in [0.4, 0.5) is 0 Å². The van der Waals surface area contributed by atoms with Crippen LogP contribution >= 0.6 is 0 Å². The van der Waals surface area contributed by atoms with E-state index in [0.29, 0.717) is 17.8 Å². The lowest BCUT2D eigenvalue weighted by molar-refractivity contribution is -0.151. The molecule has 0 saturated heterocycles. The summed E-state index contributed by atoms with van der Waals surface area (Å²) in [6.45, 7) is 7.96. The van der Waals surface area contributed by atoms with E-state index >= 15 is 0 Å². The fourth-order valence-electron chi connectivity index (χ4n) is 3.47. The smallest absolute Gasteiger partial charge is 0.342 e. The lowest BCUT2D eigenvalue weighted by atomic mass is 9.75. The Hall–Kier alpha value is -1.90. The van der Waals surface area contributed by atoms with Crippen LogP contribution < -0.4 is 0 Å². The molecule has 24 heavy (non-hydrogen) atoms. The molecule has 0 amide bonds. The zero-order chi connectivity index (χ0) is 17.7. The number of carbonyl (C=O) groups excluding carboxylic acids is 2. The molecule has 1 aliphatic carbocycles. The van der Waals surface area contributed by atoms with Crippen molar-refractivity contribution in [2.24, 2.45) is 17.8 Å². The van der Waals surface area contributed by atoms with Crippen molar-refractivity contribution >= 4 is 17.8 Å². The van der Waals surface area contributed by atoms with E-state index in [2.05, 4.69) is 20.8 Å². The van der Waals surface area contributed by atoms with Gasteiger partial charge in [-0.05, 0) is 49.2 Å². The number of hydrogen-bond acceptors (Lipinski definition) is 3. The van der Waals surface area contributed by atoms with Gasteiger partial charge in [-0.3, -0.25) is 4.79 Å². The van der Waals surface area contributed by atoms with E-state index in [4.69, 9.17) is 4.74 Å². The Morgan fingerprint density at radius 3 is 2.42 bits per heavy atom. The standard InChI is InChI=1S/C21H28O3/c1-14(2)18-11-10-15(3)12-20(18)24-21(23)19(16(4)22)13-17-8-6-5-7-9-17/h5-9,13-15,18,20H,10-12H2,1-4H3/b19-13-/t15-,18+,20-/m1/s1. The van der Waals surface area contributed by atoms with Crippen molar-refractivity contribution in [1.29, 1.82) is 0 Å². The quantitative estimate of drug-likeness (QED) is 0.342. The minimum Gasteiger partial charge on any atom is -0.458 e. The molecule has 3 atom stereocenters. The van der Waals surface area contributed by atoms with Gasteiger partial charge in [0, 0.05) is 0 Å². The van der Waals surface area contributed by atoms with Crippen molar-refractivity contribution in [2.75, 3.05) is 0 Å². The van der Waals surface area contributed by atoms with Crippen LogP contribution in [-0.4, -0.2) is 17.9 Å². The third-order valence-corrected chi connectivity index (χ3v) is 4.93. The van der Waals surface area contributed by atoms with Gasteiger partial charge < -0.3 is 4.74 Å². The maximum Gasteiger partial charge on any atom is 0.342 e. The van der Waals surface area contributed by atoms with Crippen molar-refractivity contribution < 1.29 is 14.3 Å². The van der Waals surface area contributed by atoms with Gasteiger partial charge in [0.15, 0.2) is 5.78 Å². The summed E-state index contributed by atoms with van der Waals surface area (Å²) in [6.07, 6.45) is 4.66. The van der Waals surface area contributed by atoms with E-state index in [1.165, 1.54) is 13.3 Å². The Kier molecular flexibility index (Phi) is 6.36. The van der Waals surface area contributed by atoms with Gasteiger partial charge in [-0.1, -0.05) is 57.5 Å². The minimum atomic E-state index is -0.490. The van der Waals surface area contributed by atoms with Crippen LogP contribution in [0.5, 0.6) is 0 Å². The summed E-state index contributed by atoms with van der Waals surface area (Å²) in [6, 6.07) is 9.41. The van der Waals surface area contributed by atoms with Crippen LogP contribution in [-0.2, 0) is 14.3 Å². The molecule has 0 spiro atoms. The Bertz CT molecular complexity index is 601. The van der Waals surface area contributed by atoms with E-state index in [1.807, 2.05) is 30.3 Å². The molecule has 0 aliphatic heterocycles. The number of Topliss-reactive ketones (excluding diaryl/α,β-unsaturated/α-hetero) is 1. The Labute approximate surface area is 145 Å². The number of benzene rings is 1. The normalized spacial score (nSPS) is 24.7. The fourth-order valence-corrected chi connectivity index (χ4v) is 3.47. The largest absolute Gasteiger partial charge is 0.458 e. The molecule has 130 valence electrons. The molecule has 1 aliphatic rings. The Morgan fingerprint density at radius 2 is 1.83 bits per heavy atom. The summed E-state index contributed by atoms with van der Waals surface area (Å²) in [7, 11) is 0. The van der Waals surface area contributed by atoms with Gasteiger partial charge in [0.05, 0.1) is 0 Å². The molecule has 0 N–H and O–H groups in total. The molecule has 1 aromatic carbocycles. The number of esters is 1. The summed E-state index contributed by atoms with van der Waals surface area (Å²) < 4.78 is 5.80. The third kappa shape index (κ3) is 4.80. The van der Waals surface area contributed by atoms with E-state index in [9.17, 15) is 9.59 Å². The van der Waals surface area contributed by atoms with Gasteiger partial charge in [-0.25, -0.2) is 4.79 Å². The number of ketones is 1. The Balaban J connectivity index is 2.18. The van der Waals surface area contributed by atoms with Crippen molar-refractivity contribution in [3.63, 3.8) is 0 Å². The highest BCUT2D eigenvalue weighted by atomic mass is 16.5. The molecule has 0 heterocycles. The first-order chi connectivity index (χ1) is 11.4. The second-order valence-corrected chi connectivity index (χ2v) is 7.29. The molecule has 2 rings (SSSR count). The van der Waals surface area contributed by atoms with Crippen molar-refractivity contribution in [1.82, 2.24) is 0 Å². The third-order valence-electron chi connectivity index (χ3n) is 4.93. The van der Waals surface area contributed by atoms with E-state index in [-0.39, 0.29) is 17.5 Å². The van der Waals surface area contributed by atoms with Crippen LogP contribution in [0.2, 0.25) is 0 Å². The number of hydrogen-bond donors (Lipinski definition) is 0. The van der Waals surface area contributed by atoms with Gasteiger partial charge in [0.2, 0.25) is 0 Å². The van der Waals surface area contributed by atoms with Crippen molar-refractivity contribution in [3.05, 3.63) is 41.5 Å². The molecular weight excluding hydrogens is 300 g/mol. The first-order valence-electron chi connectivity index (χ1n) is 8.87. The summed E-state index contributed by atoms with van der Waals surface area (Å²) in [4.78, 5) is 24.6. The first-order valence-corrected chi connectivity index (χ1v) is 8.87. The van der Waals surface area contributed by atoms with Crippen molar-refractivity contribution in [3.8, 4) is 0 Å². The van der Waals surface area contributed by atoms with Crippen molar-refractivity contribution in [2.45, 2.75) is 53.1 Å². The first kappa shape index (κ1) is 18.4. The van der Waals surface area contributed by atoms with Gasteiger partial charge >= 0.3 is 5.97 Å². The van der Waals surface area contributed by atoms with E-state index < -0.39 is 5.97 Å². The lowest BCUT2D eigenvalue weighted by Gasteiger charge is -2.36. The van der Waals surface area contributed by atoms with Gasteiger partial charge in [0.1, 0.15) is 11.7 Å². The van der Waals surface area contributed by atoms with E-state index in [1.54, 1.807) is 6.08 Å². The van der Waals surface area contributed by atoms with E-state index in [0.717, 1.165) is 18.4 Å². The summed E-state index contributed by atoms with van der Waals surface area (Å²) in [5.41, 5.74) is 0.957. The molecule has 0 bridgehead atoms. The molecule has 0 radical (unpaired) electrons. The van der Waals surface area contributed by atoms with Gasteiger partial charge in [0.25, 0.3) is 0 Å². The van der Waals surface area contributed by atoms with Gasteiger partial charge in [-0.2, -0.15) is 0 Å². The summed E-state index contributed by atoms with van der Waals surface area (Å²) in [5.74, 6) is 0.644. The maximum absolute atomic E-state index is 12.6. The molecule has 3 heteroatoms. The topological polar surface area (TPSA) is 43.4 Å². The maximum atomic E-state index is 12.6. The predicted molar refractivity (Wildman–Crippen MR) is 96.3 cm³/mol. The predicted octanol–water partition coefficient (Wildman–Crippen LogP) is 4.66. The SMILES string of the molecule is CC(=O)/C(=C/c1ccccc1)C(=O)O[C@@H]1C[C@H](C)CC[C@H]1C(C)C. The molecular formula is C21H28O3. The summed E-state index contributed by atoms with van der Waals surface area (Å²) >= 11 is 0. The highest BCUT2D eigenvalue weighted by Gasteiger charge is 2.34. The Morgan fingerprint density at radius 1 is 1.17 bits per heavy atom. The van der Waals surface area contributed by atoms with Crippen LogP contribution in [0.3, 0.4) is 0 Å². The zero-order valence-electron chi connectivity index (χ0n) is 15.1. The van der Waals surface area contributed by atoms with Gasteiger partial charge in [-0.15, -0.1) is 0 Å². The molecule has 1 saturated carbocycles.